The van der Waals surface area contributed by atoms with Crippen molar-refractivity contribution in [2.75, 3.05) is 5.32 Å². The minimum absolute atomic E-state index is 0.264. The van der Waals surface area contributed by atoms with E-state index in [1.807, 2.05) is 0 Å². The summed E-state index contributed by atoms with van der Waals surface area (Å²) in [5, 5.41) is 3.21. The summed E-state index contributed by atoms with van der Waals surface area (Å²) in [4.78, 5) is 28.6. The molecule has 1 amide bonds. The Balaban J connectivity index is 2.78. The van der Waals surface area contributed by atoms with Crippen molar-refractivity contribution >= 4 is 38.6 Å². The zero-order valence-corrected chi connectivity index (χ0v) is 9.96. The highest BCUT2D eigenvalue weighted by molar-refractivity contribution is 9.10. The quantitative estimate of drug-likeness (QED) is 0.835. The zero-order chi connectivity index (χ0) is 11.7. The van der Waals surface area contributed by atoms with Gasteiger partial charge in [-0.05, 0) is 28.1 Å². The first-order valence-electron chi connectivity index (χ1n) is 4.54. The normalized spacial score (nSPS) is 10.4. The lowest BCUT2D eigenvalue weighted by Gasteiger charge is -2.05. The predicted molar refractivity (Wildman–Crippen MR) is 64.4 cm³/mol. The molecule has 0 saturated heterocycles. The SMILES string of the molecule is CC(=O)Nc1nc(=O)[nH]c2c(Br)cccc12. The number of aromatic nitrogens is 2. The number of carbonyl (C=O) groups is 1. The molecule has 0 spiro atoms. The van der Waals surface area contributed by atoms with Crippen molar-refractivity contribution in [1.29, 1.82) is 0 Å². The third kappa shape index (κ3) is 1.96. The average molecular weight is 282 g/mol. The molecule has 0 fully saturated rings. The van der Waals surface area contributed by atoms with Gasteiger partial charge in [0, 0.05) is 16.8 Å². The summed E-state index contributed by atoms with van der Waals surface area (Å²) in [5.74, 6) is 0.00641. The Morgan fingerprint density at radius 3 is 2.94 bits per heavy atom. The average Bonchev–Trinajstić information content (AvgIpc) is 2.18. The highest BCUT2D eigenvalue weighted by Crippen LogP contribution is 2.24. The summed E-state index contributed by atoms with van der Waals surface area (Å²) in [6, 6.07) is 5.38. The molecule has 16 heavy (non-hydrogen) atoms. The van der Waals surface area contributed by atoms with E-state index >= 15 is 0 Å². The van der Waals surface area contributed by atoms with Crippen LogP contribution in [0, 0.1) is 0 Å². The number of hydrogen-bond acceptors (Lipinski definition) is 3. The number of aromatic amines is 1. The van der Waals surface area contributed by atoms with Crippen molar-refractivity contribution in [2.24, 2.45) is 0 Å². The molecule has 0 atom stereocenters. The molecule has 1 aromatic carbocycles. The molecule has 1 aromatic heterocycles. The second kappa shape index (κ2) is 4.05. The van der Waals surface area contributed by atoms with Gasteiger partial charge in [0.15, 0.2) is 0 Å². The maximum atomic E-state index is 11.3. The van der Waals surface area contributed by atoms with Crippen molar-refractivity contribution in [3.8, 4) is 0 Å². The number of H-pyrrole nitrogens is 1. The van der Waals surface area contributed by atoms with E-state index in [1.54, 1.807) is 18.2 Å². The molecule has 0 unspecified atom stereocenters. The van der Waals surface area contributed by atoms with Crippen LogP contribution in [0.2, 0.25) is 0 Å². The van der Waals surface area contributed by atoms with E-state index in [9.17, 15) is 9.59 Å². The summed E-state index contributed by atoms with van der Waals surface area (Å²) in [6.45, 7) is 1.37. The minimum atomic E-state index is -0.497. The van der Waals surface area contributed by atoms with Gasteiger partial charge < -0.3 is 10.3 Å². The minimum Gasteiger partial charge on any atom is -0.310 e. The first kappa shape index (κ1) is 10.8. The maximum absolute atomic E-state index is 11.3. The van der Waals surface area contributed by atoms with Gasteiger partial charge in [0.05, 0.1) is 5.52 Å². The molecule has 0 aliphatic heterocycles. The fourth-order valence-electron chi connectivity index (χ4n) is 1.41. The number of nitrogens with zero attached hydrogens (tertiary/aromatic N) is 1. The Morgan fingerprint density at radius 1 is 1.50 bits per heavy atom. The van der Waals surface area contributed by atoms with Crippen LogP contribution >= 0.6 is 15.9 Å². The van der Waals surface area contributed by atoms with Gasteiger partial charge in [0.2, 0.25) is 5.91 Å². The van der Waals surface area contributed by atoms with E-state index in [1.165, 1.54) is 6.92 Å². The van der Waals surface area contributed by atoms with Crippen LogP contribution in [-0.4, -0.2) is 15.9 Å². The van der Waals surface area contributed by atoms with Crippen molar-refractivity contribution < 1.29 is 4.79 Å². The van der Waals surface area contributed by atoms with E-state index < -0.39 is 5.69 Å². The number of hydrogen-bond donors (Lipinski definition) is 2. The van der Waals surface area contributed by atoms with Crippen LogP contribution in [0.4, 0.5) is 5.82 Å². The topological polar surface area (TPSA) is 74.8 Å². The summed E-state index contributed by atoms with van der Waals surface area (Å²) in [7, 11) is 0. The third-order valence-electron chi connectivity index (χ3n) is 2.01. The van der Waals surface area contributed by atoms with Crippen molar-refractivity contribution in [2.45, 2.75) is 6.92 Å². The molecule has 6 heteroatoms. The highest BCUT2D eigenvalue weighted by atomic mass is 79.9. The molecule has 0 saturated carbocycles. The number of rotatable bonds is 1. The summed E-state index contributed by atoms with van der Waals surface area (Å²) in [5.41, 5.74) is 0.120. The Morgan fingerprint density at radius 2 is 2.25 bits per heavy atom. The van der Waals surface area contributed by atoms with Crippen LogP contribution in [0.3, 0.4) is 0 Å². The Hall–Kier alpha value is -1.69. The number of fused-ring (bicyclic) bond motifs is 1. The van der Waals surface area contributed by atoms with E-state index in [4.69, 9.17) is 0 Å². The molecule has 1 heterocycles. The number of amides is 1. The van der Waals surface area contributed by atoms with Gasteiger partial charge in [-0.15, -0.1) is 0 Å². The summed E-state index contributed by atoms with van der Waals surface area (Å²) >= 11 is 3.32. The summed E-state index contributed by atoms with van der Waals surface area (Å²) in [6.07, 6.45) is 0. The molecule has 82 valence electrons. The van der Waals surface area contributed by atoms with Crippen LogP contribution in [0.15, 0.2) is 27.5 Å². The standard InChI is InChI=1S/C10H8BrN3O2/c1-5(15)12-9-6-3-2-4-7(11)8(6)13-10(16)14-9/h2-4H,1H3,(H2,12,13,14,15,16). The van der Waals surface area contributed by atoms with Crippen molar-refractivity contribution in [3.05, 3.63) is 33.2 Å². The fourth-order valence-corrected chi connectivity index (χ4v) is 1.87. The van der Waals surface area contributed by atoms with Gasteiger partial charge in [-0.3, -0.25) is 4.79 Å². The molecule has 0 bridgehead atoms. The number of benzene rings is 1. The molecule has 0 aliphatic carbocycles. The predicted octanol–water partition coefficient (Wildman–Crippen LogP) is 1.64. The van der Waals surface area contributed by atoms with Crippen molar-refractivity contribution in [1.82, 2.24) is 9.97 Å². The lowest BCUT2D eigenvalue weighted by Crippen LogP contribution is -2.16. The van der Waals surface area contributed by atoms with E-state index in [-0.39, 0.29) is 11.7 Å². The number of para-hydroxylation sites is 1. The number of anilines is 1. The van der Waals surface area contributed by atoms with Crippen LogP contribution in [-0.2, 0) is 4.79 Å². The van der Waals surface area contributed by atoms with E-state index in [0.717, 1.165) is 4.47 Å². The molecular formula is C10H8BrN3O2. The van der Waals surface area contributed by atoms with E-state index in [2.05, 4.69) is 31.2 Å². The third-order valence-corrected chi connectivity index (χ3v) is 2.67. The first-order chi connectivity index (χ1) is 7.58. The van der Waals surface area contributed by atoms with Gasteiger partial charge in [-0.1, -0.05) is 6.07 Å². The van der Waals surface area contributed by atoms with Crippen LogP contribution in [0.1, 0.15) is 6.92 Å². The number of halogens is 1. The van der Waals surface area contributed by atoms with Gasteiger partial charge in [-0.25, -0.2) is 4.79 Å². The highest BCUT2D eigenvalue weighted by Gasteiger charge is 2.07. The van der Waals surface area contributed by atoms with Crippen molar-refractivity contribution in [3.63, 3.8) is 0 Å². The largest absolute Gasteiger partial charge is 0.347 e. The van der Waals surface area contributed by atoms with Gasteiger partial charge in [-0.2, -0.15) is 4.98 Å². The second-order valence-corrected chi connectivity index (χ2v) is 4.09. The fraction of sp³-hybridized carbons (Fsp3) is 0.100. The van der Waals surface area contributed by atoms with Crippen LogP contribution < -0.4 is 11.0 Å². The lowest BCUT2D eigenvalue weighted by molar-refractivity contribution is -0.114. The second-order valence-electron chi connectivity index (χ2n) is 3.23. The molecular weight excluding hydrogens is 274 g/mol. The monoisotopic (exact) mass is 281 g/mol. The van der Waals surface area contributed by atoms with Crippen LogP contribution in [0.25, 0.3) is 10.9 Å². The first-order valence-corrected chi connectivity index (χ1v) is 5.33. The Kier molecular flexibility index (Phi) is 2.74. The molecule has 5 nitrogen and oxygen atoms in total. The summed E-state index contributed by atoms with van der Waals surface area (Å²) < 4.78 is 0.746. The Labute approximate surface area is 99.0 Å². The Bertz CT molecular complexity index is 621. The molecule has 0 aliphatic rings. The lowest BCUT2D eigenvalue weighted by atomic mass is 10.2. The molecule has 2 aromatic rings. The van der Waals surface area contributed by atoms with Crippen LogP contribution in [0.5, 0.6) is 0 Å². The van der Waals surface area contributed by atoms with Gasteiger partial charge in [0.1, 0.15) is 5.82 Å². The van der Waals surface area contributed by atoms with Gasteiger partial charge in [0.25, 0.3) is 0 Å². The van der Waals surface area contributed by atoms with E-state index in [0.29, 0.717) is 10.9 Å². The molecule has 0 radical (unpaired) electrons. The molecule has 2 rings (SSSR count). The zero-order valence-electron chi connectivity index (χ0n) is 8.37. The smallest absolute Gasteiger partial charge is 0.310 e. The molecule has 2 N–H and O–H groups in total. The number of nitrogens with one attached hydrogen (secondary N) is 2. The maximum Gasteiger partial charge on any atom is 0.347 e. The van der Waals surface area contributed by atoms with Gasteiger partial charge >= 0.3 is 5.69 Å². The number of carbonyl (C=O) groups excluding carboxylic acids is 1.